The average Bonchev–Trinajstić information content (AvgIpc) is 3.23. The summed E-state index contributed by atoms with van der Waals surface area (Å²) in [6.07, 6.45) is 0. The van der Waals surface area contributed by atoms with E-state index in [0.29, 0.717) is 6.61 Å². The Morgan fingerprint density at radius 3 is 2.48 bits per heavy atom. The largest absolute Gasteiger partial charge is 0.489 e. The Balaban J connectivity index is 1.29. The van der Waals surface area contributed by atoms with Gasteiger partial charge in [-0.15, -0.1) is 11.3 Å². The van der Waals surface area contributed by atoms with E-state index in [1.54, 1.807) is 0 Å². The van der Waals surface area contributed by atoms with Crippen molar-refractivity contribution < 1.29 is 9.53 Å². The van der Waals surface area contributed by atoms with Gasteiger partial charge < -0.3 is 9.64 Å². The summed E-state index contributed by atoms with van der Waals surface area (Å²) in [7, 11) is 0. The topological polar surface area (TPSA) is 32.8 Å². The molecule has 4 rings (SSSR count). The van der Waals surface area contributed by atoms with Gasteiger partial charge in [0.1, 0.15) is 12.4 Å². The van der Waals surface area contributed by atoms with Crippen LogP contribution in [0.25, 0.3) is 0 Å². The molecule has 1 saturated heterocycles. The Morgan fingerprint density at radius 2 is 1.71 bits per heavy atom. The molecule has 1 fully saturated rings. The number of thiophene rings is 1. The molecule has 0 N–H and O–H groups in total. The van der Waals surface area contributed by atoms with Crippen molar-refractivity contribution in [2.24, 2.45) is 0 Å². The minimum Gasteiger partial charge on any atom is -0.489 e. The van der Waals surface area contributed by atoms with Gasteiger partial charge in [-0.3, -0.25) is 9.69 Å². The molecule has 0 bridgehead atoms. The first-order valence-electron chi connectivity index (χ1n) is 10.8. The highest BCUT2D eigenvalue weighted by Gasteiger charge is 2.23. The second-order valence-corrected chi connectivity index (χ2v) is 9.35. The van der Waals surface area contributed by atoms with Crippen molar-refractivity contribution in [3.63, 3.8) is 0 Å². The number of piperazine rings is 1. The van der Waals surface area contributed by atoms with Gasteiger partial charge in [0, 0.05) is 38.3 Å². The molecule has 31 heavy (non-hydrogen) atoms. The van der Waals surface area contributed by atoms with Crippen LogP contribution in [0.3, 0.4) is 0 Å². The molecule has 1 aliphatic rings. The summed E-state index contributed by atoms with van der Waals surface area (Å²) in [6, 6.07) is 16.9. The zero-order chi connectivity index (χ0) is 21.8. The fourth-order valence-electron chi connectivity index (χ4n) is 3.92. The van der Waals surface area contributed by atoms with E-state index in [-0.39, 0.29) is 5.91 Å². The summed E-state index contributed by atoms with van der Waals surface area (Å²) in [5, 5.41) is 2.03. The lowest BCUT2D eigenvalue weighted by Gasteiger charge is -2.34. The SMILES string of the molecule is Cc1cccc(CN2CCN(C(=O)c3cc(COc4cc(C)ccc4C)cs3)CC2)c1. The number of hydrogen-bond donors (Lipinski definition) is 0. The maximum absolute atomic E-state index is 13.0. The summed E-state index contributed by atoms with van der Waals surface area (Å²) in [5.41, 5.74) is 5.99. The fourth-order valence-corrected chi connectivity index (χ4v) is 4.78. The molecule has 2 aromatic carbocycles. The van der Waals surface area contributed by atoms with Gasteiger partial charge in [0.15, 0.2) is 0 Å². The molecule has 3 aromatic rings. The van der Waals surface area contributed by atoms with Crippen LogP contribution in [0, 0.1) is 20.8 Å². The number of amides is 1. The summed E-state index contributed by atoms with van der Waals surface area (Å²) < 4.78 is 6.00. The molecule has 0 saturated carbocycles. The molecule has 162 valence electrons. The van der Waals surface area contributed by atoms with Gasteiger partial charge in [-0.1, -0.05) is 42.0 Å². The predicted octanol–water partition coefficient (Wildman–Crippen LogP) is 5.21. The van der Waals surface area contributed by atoms with Crippen LogP contribution in [0.1, 0.15) is 37.5 Å². The molecule has 0 radical (unpaired) electrons. The molecule has 0 spiro atoms. The van der Waals surface area contributed by atoms with Crippen LogP contribution in [0.2, 0.25) is 0 Å². The van der Waals surface area contributed by atoms with Gasteiger partial charge in [0.05, 0.1) is 4.88 Å². The first-order valence-corrected chi connectivity index (χ1v) is 11.7. The number of nitrogens with zero attached hydrogens (tertiary/aromatic N) is 2. The smallest absolute Gasteiger partial charge is 0.264 e. The Kier molecular flexibility index (Phi) is 6.73. The summed E-state index contributed by atoms with van der Waals surface area (Å²) >= 11 is 1.51. The molecule has 2 heterocycles. The summed E-state index contributed by atoms with van der Waals surface area (Å²) in [5.74, 6) is 1.04. The van der Waals surface area contributed by atoms with Crippen molar-refractivity contribution in [2.45, 2.75) is 33.9 Å². The molecule has 0 aliphatic carbocycles. The monoisotopic (exact) mass is 434 g/mol. The van der Waals surface area contributed by atoms with Gasteiger partial charge in [-0.05, 0) is 55.0 Å². The maximum atomic E-state index is 13.0. The first kappa shape index (κ1) is 21.6. The molecular weight excluding hydrogens is 404 g/mol. The molecule has 1 aliphatic heterocycles. The van der Waals surface area contributed by atoms with Gasteiger partial charge in [-0.25, -0.2) is 0 Å². The third-order valence-electron chi connectivity index (χ3n) is 5.75. The number of ether oxygens (including phenoxy) is 1. The van der Waals surface area contributed by atoms with Gasteiger partial charge in [0.2, 0.25) is 0 Å². The minimum atomic E-state index is 0.137. The number of benzene rings is 2. The quantitative estimate of drug-likeness (QED) is 0.534. The highest BCUT2D eigenvalue weighted by atomic mass is 32.1. The van der Waals surface area contributed by atoms with Crippen LogP contribution in [-0.2, 0) is 13.2 Å². The second kappa shape index (κ2) is 9.67. The van der Waals surface area contributed by atoms with Crippen LogP contribution in [-0.4, -0.2) is 41.9 Å². The second-order valence-electron chi connectivity index (χ2n) is 8.43. The Labute approximate surface area is 189 Å². The van der Waals surface area contributed by atoms with Crippen LogP contribution < -0.4 is 4.74 Å². The lowest BCUT2D eigenvalue weighted by atomic mass is 10.1. The van der Waals surface area contributed by atoms with E-state index in [1.165, 1.54) is 28.0 Å². The summed E-state index contributed by atoms with van der Waals surface area (Å²) in [6.45, 7) is 11.0. The molecule has 5 heteroatoms. The molecule has 4 nitrogen and oxygen atoms in total. The Morgan fingerprint density at radius 1 is 0.935 bits per heavy atom. The lowest BCUT2D eigenvalue weighted by molar-refractivity contribution is 0.0633. The molecule has 0 atom stereocenters. The maximum Gasteiger partial charge on any atom is 0.264 e. The van der Waals surface area contributed by atoms with Crippen molar-refractivity contribution in [1.29, 1.82) is 0 Å². The third-order valence-corrected chi connectivity index (χ3v) is 6.72. The molecule has 1 amide bonds. The van der Waals surface area contributed by atoms with Crippen LogP contribution >= 0.6 is 11.3 Å². The van der Waals surface area contributed by atoms with E-state index in [9.17, 15) is 4.79 Å². The van der Waals surface area contributed by atoms with Crippen molar-refractivity contribution in [3.05, 3.63) is 86.6 Å². The lowest BCUT2D eigenvalue weighted by Crippen LogP contribution is -2.48. The van der Waals surface area contributed by atoms with Crippen molar-refractivity contribution >= 4 is 17.2 Å². The third kappa shape index (κ3) is 5.54. The average molecular weight is 435 g/mol. The van der Waals surface area contributed by atoms with E-state index >= 15 is 0 Å². The van der Waals surface area contributed by atoms with Crippen molar-refractivity contribution in [2.75, 3.05) is 26.2 Å². The fraction of sp³-hybridized carbons (Fsp3) is 0.346. The van der Waals surface area contributed by atoms with E-state index in [0.717, 1.165) is 54.5 Å². The zero-order valence-electron chi connectivity index (χ0n) is 18.6. The standard InChI is InChI=1S/C26H30N2O2S/c1-19-5-4-6-22(13-19)16-27-9-11-28(12-10-27)26(29)25-15-23(18-31-25)17-30-24-14-20(2)7-8-21(24)3/h4-8,13-15,18H,9-12,16-17H2,1-3H3. The van der Waals surface area contributed by atoms with E-state index in [2.05, 4.69) is 68.1 Å². The number of rotatable bonds is 6. The highest BCUT2D eigenvalue weighted by molar-refractivity contribution is 7.12. The van der Waals surface area contributed by atoms with Gasteiger partial charge in [-0.2, -0.15) is 0 Å². The van der Waals surface area contributed by atoms with Crippen molar-refractivity contribution in [1.82, 2.24) is 9.80 Å². The van der Waals surface area contributed by atoms with Gasteiger partial charge >= 0.3 is 0 Å². The van der Waals surface area contributed by atoms with Crippen LogP contribution in [0.4, 0.5) is 0 Å². The molecule has 1 aromatic heterocycles. The Hall–Kier alpha value is -2.63. The molecule has 0 unspecified atom stereocenters. The first-order chi connectivity index (χ1) is 15.0. The number of aryl methyl sites for hydroxylation is 3. The summed E-state index contributed by atoms with van der Waals surface area (Å²) in [4.78, 5) is 18.2. The minimum absolute atomic E-state index is 0.137. The highest BCUT2D eigenvalue weighted by Crippen LogP contribution is 2.23. The normalized spacial score (nSPS) is 14.6. The van der Waals surface area contributed by atoms with E-state index < -0.39 is 0 Å². The van der Waals surface area contributed by atoms with Crippen molar-refractivity contribution in [3.8, 4) is 5.75 Å². The predicted molar refractivity (Wildman–Crippen MR) is 127 cm³/mol. The van der Waals surface area contributed by atoms with E-state index in [1.807, 2.05) is 16.3 Å². The number of carbonyl (C=O) groups is 1. The Bertz CT molecular complexity index is 1050. The van der Waals surface area contributed by atoms with Crippen LogP contribution in [0.5, 0.6) is 5.75 Å². The number of carbonyl (C=O) groups excluding carboxylic acids is 1. The molecular formula is C26H30N2O2S. The van der Waals surface area contributed by atoms with E-state index in [4.69, 9.17) is 4.74 Å². The zero-order valence-corrected chi connectivity index (χ0v) is 19.4. The van der Waals surface area contributed by atoms with Gasteiger partial charge in [0.25, 0.3) is 5.91 Å². The van der Waals surface area contributed by atoms with Crippen LogP contribution in [0.15, 0.2) is 53.9 Å². The number of hydrogen-bond acceptors (Lipinski definition) is 4.